The van der Waals surface area contributed by atoms with E-state index in [1.807, 2.05) is 21.1 Å². The van der Waals surface area contributed by atoms with E-state index in [2.05, 4.69) is 26.0 Å². The SMILES string of the molecule is CCCCCCC/C=C\CCCCCCCC(=O)OC(COCCCCCCCCCCCCCCCCCCCCCCC)COP(=O)([O-])OCC[N+](C)(C)C. The summed E-state index contributed by atoms with van der Waals surface area (Å²) in [7, 11) is 1.36. The van der Waals surface area contributed by atoms with Crippen molar-refractivity contribution < 1.29 is 37.3 Å². The summed E-state index contributed by atoms with van der Waals surface area (Å²) in [4.78, 5) is 25.1. The van der Waals surface area contributed by atoms with Crippen LogP contribution in [0, 0.1) is 0 Å². The van der Waals surface area contributed by atoms with Gasteiger partial charge in [0.2, 0.25) is 0 Å². The number of carbonyl (C=O) groups excluding carboxylic acids is 1. The molecule has 0 aliphatic heterocycles. The molecule has 0 rings (SSSR count). The van der Waals surface area contributed by atoms with Gasteiger partial charge in [0.05, 0.1) is 34.4 Å². The molecule has 340 valence electrons. The molecule has 0 aromatic rings. The van der Waals surface area contributed by atoms with Crippen LogP contribution in [0.4, 0.5) is 0 Å². The Morgan fingerprint density at radius 1 is 0.526 bits per heavy atom. The molecule has 0 N–H and O–H groups in total. The third kappa shape index (κ3) is 46.2. The predicted molar refractivity (Wildman–Crippen MR) is 241 cm³/mol. The van der Waals surface area contributed by atoms with Gasteiger partial charge in [-0.2, -0.15) is 0 Å². The van der Waals surface area contributed by atoms with Crippen molar-refractivity contribution in [1.29, 1.82) is 0 Å². The summed E-state index contributed by atoms with van der Waals surface area (Å²) in [6.45, 7) is 5.44. The standard InChI is InChI=1S/C48H96NO7P/c1-6-8-10-12-14-16-18-20-22-23-24-25-26-27-28-30-32-34-36-38-40-43-53-45-47(46-55-57(51,52)54-44-42-49(3,4)5)56-48(50)41-39-37-35-33-31-29-21-19-17-15-13-11-9-7-2/h19,21,47H,6-18,20,22-46H2,1-5H3/b21-19-. The van der Waals surface area contributed by atoms with Crippen molar-refractivity contribution in [3.8, 4) is 0 Å². The average molecular weight is 830 g/mol. The Bertz CT molecular complexity index is 925. The predicted octanol–water partition coefficient (Wildman–Crippen LogP) is 14.0. The number of allylic oxidation sites excluding steroid dienone is 2. The molecule has 0 heterocycles. The molecule has 0 fully saturated rings. The van der Waals surface area contributed by atoms with Crippen LogP contribution in [0.15, 0.2) is 12.2 Å². The first kappa shape index (κ1) is 56.2. The first-order valence-electron chi connectivity index (χ1n) is 24.4. The van der Waals surface area contributed by atoms with Crippen LogP contribution in [0.3, 0.4) is 0 Å². The zero-order valence-electron chi connectivity index (χ0n) is 38.6. The summed E-state index contributed by atoms with van der Waals surface area (Å²) >= 11 is 0. The highest BCUT2D eigenvalue weighted by atomic mass is 31.2. The van der Waals surface area contributed by atoms with Crippen molar-refractivity contribution in [3.05, 3.63) is 12.2 Å². The third-order valence-corrected chi connectivity index (χ3v) is 11.8. The number of carbonyl (C=O) groups is 1. The third-order valence-electron chi connectivity index (χ3n) is 10.8. The Hall–Kier alpha value is -0.760. The van der Waals surface area contributed by atoms with Crippen LogP contribution < -0.4 is 4.89 Å². The summed E-state index contributed by atoms with van der Waals surface area (Å²) in [6.07, 6.45) is 46.6. The Balaban J connectivity index is 4.10. The van der Waals surface area contributed by atoms with Crippen LogP contribution >= 0.6 is 7.82 Å². The van der Waals surface area contributed by atoms with E-state index in [0.29, 0.717) is 24.1 Å². The molecule has 0 spiro atoms. The molecule has 0 saturated heterocycles. The van der Waals surface area contributed by atoms with Gasteiger partial charge in [0.15, 0.2) is 0 Å². The van der Waals surface area contributed by atoms with E-state index < -0.39 is 13.9 Å². The van der Waals surface area contributed by atoms with Crippen molar-refractivity contribution in [1.82, 2.24) is 0 Å². The van der Waals surface area contributed by atoms with Crippen LogP contribution in [0.1, 0.15) is 232 Å². The van der Waals surface area contributed by atoms with Crippen LogP contribution in [0.2, 0.25) is 0 Å². The van der Waals surface area contributed by atoms with E-state index in [0.717, 1.165) is 44.9 Å². The highest BCUT2D eigenvalue weighted by molar-refractivity contribution is 7.45. The molecule has 2 atom stereocenters. The lowest BCUT2D eigenvalue weighted by Gasteiger charge is -2.28. The monoisotopic (exact) mass is 830 g/mol. The number of nitrogens with zero attached hydrogens (tertiary/aromatic N) is 1. The van der Waals surface area contributed by atoms with Crippen LogP contribution in [0.25, 0.3) is 0 Å². The molecule has 57 heavy (non-hydrogen) atoms. The second-order valence-electron chi connectivity index (χ2n) is 17.8. The average Bonchev–Trinajstić information content (AvgIpc) is 3.16. The number of unbranched alkanes of at least 4 members (excludes halogenated alkanes) is 30. The van der Waals surface area contributed by atoms with Gasteiger partial charge in [0.25, 0.3) is 7.82 Å². The summed E-state index contributed by atoms with van der Waals surface area (Å²) < 4.78 is 34.7. The molecule has 0 saturated carbocycles. The first-order chi connectivity index (χ1) is 27.6. The summed E-state index contributed by atoms with van der Waals surface area (Å²) in [6, 6.07) is 0. The molecule has 0 bridgehead atoms. The largest absolute Gasteiger partial charge is 0.756 e. The molecule has 2 unspecified atom stereocenters. The zero-order valence-corrected chi connectivity index (χ0v) is 39.5. The molecule has 0 amide bonds. The van der Waals surface area contributed by atoms with E-state index in [1.54, 1.807) is 0 Å². The first-order valence-corrected chi connectivity index (χ1v) is 25.9. The van der Waals surface area contributed by atoms with Gasteiger partial charge in [0, 0.05) is 13.0 Å². The molecule has 8 nitrogen and oxygen atoms in total. The molecule has 0 aromatic heterocycles. The van der Waals surface area contributed by atoms with Crippen molar-refractivity contribution in [3.63, 3.8) is 0 Å². The Labute approximate surface area is 354 Å². The Morgan fingerprint density at radius 3 is 1.33 bits per heavy atom. The van der Waals surface area contributed by atoms with Gasteiger partial charge < -0.3 is 27.9 Å². The van der Waals surface area contributed by atoms with Crippen molar-refractivity contribution >= 4 is 13.8 Å². The number of hydrogen-bond donors (Lipinski definition) is 0. The van der Waals surface area contributed by atoms with Crippen LogP contribution in [-0.4, -0.2) is 70.7 Å². The normalized spacial score (nSPS) is 13.7. The maximum atomic E-state index is 12.7. The molecule has 0 aliphatic rings. The Kier molecular flexibility index (Phi) is 41.4. The number of phosphoric ester groups is 1. The highest BCUT2D eigenvalue weighted by Crippen LogP contribution is 2.38. The lowest BCUT2D eigenvalue weighted by Crippen LogP contribution is -2.37. The molecule has 0 aliphatic carbocycles. The molecular formula is C48H96NO7P. The van der Waals surface area contributed by atoms with E-state index in [9.17, 15) is 14.3 Å². The fraction of sp³-hybridized carbons (Fsp3) is 0.938. The van der Waals surface area contributed by atoms with Gasteiger partial charge >= 0.3 is 5.97 Å². The van der Waals surface area contributed by atoms with Crippen molar-refractivity contribution in [2.24, 2.45) is 0 Å². The van der Waals surface area contributed by atoms with Crippen molar-refractivity contribution in [2.45, 2.75) is 238 Å². The number of likely N-dealkylation sites (N-methyl/N-ethyl adjacent to an activating group) is 1. The second-order valence-corrected chi connectivity index (χ2v) is 19.2. The smallest absolute Gasteiger partial charge is 0.306 e. The Morgan fingerprint density at radius 2 is 0.912 bits per heavy atom. The molecule has 0 radical (unpaired) electrons. The van der Waals surface area contributed by atoms with Crippen LogP contribution in [-0.2, 0) is 27.9 Å². The fourth-order valence-electron chi connectivity index (χ4n) is 7.01. The molecule has 0 aromatic carbocycles. The number of esters is 1. The minimum Gasteiger partial charge on any atom is -0.756 e. The van der Waals surface area contributed by atoms with E-state index >= 15 is 0 Å². The second kappa shape index (κ2) is 42.0. The van der Waals surface area contributed by atoms with E-state index in [4.69, 9.17) is 18.5 Å². The quantitative estimate of drug-likeness (QED) is 0.0198. The minimum atomic E-state index is -4.52. The highest BCUT2D eigenvalue weighted by Gasteiger charge is 2.20. The van der Waals surface area contributed by atoms with Gasteiger partial charge in [-0.3, -0.25) is 9.36 Å². The lowest BCUT2D eigenvalue weighted by molar-refractivity contribution is -0.870. The maximum Gasteiger partial charge on any atom is 0.306 e. The zero-order chi connectivity index (χ0) is 42.0. The number of hydrogen-bond acceptors (Lipinski definition) is 7. The van der Waals surface area contributed by atoms with E-state index in [1.165, 1.54) is 167 Å². The van der Waals surface area contributed by atoms with Gasteiger partial charge in [-0.15, -0.1) is 0 Å². The van der Waals surface area contributed by atoms with E-state index in [-0.39, 0.29) is 25.8 Å². The minimum absolute atomic E-state index is 0.0279. The topological polar surface area (TPSA) is 94.1 Å². The van der Waals surface area contributed by atoms with Crippen molar-refractivity contribution in [2.75, 3.05) is 54.1 Å². The van der Waals surface area contributed by atoms with Crippen LogP contribution in [0.5, 0.6) is 0 Å². The summed E-state index contributed by atoms with van der Waals surface area (Å²) in [5, 5.41) is 0. The number of phosphoric acid groups is 1. The molecular weight excluding hydrogens is 734 g/mol. The van der Waals surface area contributed by atoms with Gasteiger partial charge in [-0.05, 0) is 38.5 Å². The lowest BCUT2D eigenvalue weighted by atomic mass is 10.0. The van der Waals surface area contributed by atoms with Gasteiger partial charge in [-0.1, -0.05) is 199 Å². The number of quaternary nitrogens is 1. The van der Waals surface area contributed by atoms with Gasteiger partial charge in [-0.25, -0.2) is 0 Å². The number of rotatable bonds is 46. The maximum absolute atomic E-state index is 12.7. The summed E-state index contributed by atoms with van der Waals surface area (Å²) in [5.74, 6) is -0.338. The fourth-order valence-corrected chi connectivity index (χ4v) is 7.74. The summed E-state index contributed by atoms with van der Waals surface area (Å²) in [5.41, 5.74) is 0. The number of ether oxygens (including phenoxy) is 2. The van der Waals surface area contributed by atoms with Gasteiger partial charge in [0.1, 0.15) is 19.3 Å². The molecule has 9 heteroatoms.